The number of hydrogen-bond acceptors (Lipinski definition) is 4. The zero-order chi connectivity index (χ0) is 13.7. The van der Waals surface area contributed by atoms with Gasteiger partial charge in [0.2, 0.25) is 0 Å². The molecule has 1 atom stereocenters. The minimum absolute atomic E-state index is 0.582. The van der Waals surface area contributed by atoms with Crippen LogP contribution in [0.15, 0.2) is 6.33 Å². The molecule has 1 fully saturated rings. The highest BCUT2D eigenvalue weighted by Gasteiger charge is 2.19. The van der Waals surface area contributed by atoms with Crippen molar-refractivity contribution in [1.29, 1.82) is 0 Å². The maximum Gasteiger partial charge on any atom is 0.137 e. The molecule has 1 unspecified atom stereocenters. The molecule has 0 bridgehead atoms. The second-order valence-corrected chi connectivity index (χ2v) is 5.54. The first kappa shape index (κ1) is 14.5. The largest absolute Gasteiger partial charge is 0.381 e. The molecule has 0 aromatic carbocycles. The minimum atomic E-state index is 0.582. The van der Waals surface area contributed by atoms with E-state index in [0.29, 0.717) is 11.1 Å². The van der Waals surface area contributed by atoms with E-state index in [1.54, 1.807) is 6.33 Å². The number of nitrogens with zero attached hydrogens (tertiary/aromatic N) is 3. The lowest BCUT2D eigenvalue weighted by atomic mass is 10.0. The summed E-state index contributed by atoms with van der Waals surface area (Å²) in [6, 6.07) is 0. The molecule has 1 saturated heterocycles. The van der Waals surface area contributed by atoms with Crippen molar-refractivity contribution in [3.63, 3.8) is 0 Å². The Morgan fingerprint density at radius 1 is 1.47 bits per heavy atom. The molecular weight excluding hydrogens is 262 g/mol. The smallest absolute Gasteiger partial charge is 0.137 e. The number of aromatic nitrogens is 2. The Kier molecular flexibility index (Phi) is 5.40. The van der Waals surface area contributed by atoms with Gasteiger partial charge in [0.1, 0.15) is 17.3 Å². The average molecular weight is 284 g/mol. The summed E-state index contributed by atoms with van der Waals surface area (Å²) < 4.78 is 5.53. The van der Waals surface area contributed by atoms with Crippen molar-refractivity contribution in [1.82, 2.24) is 9.97 Å². The van der Waals surface area contributed by atoms with E-state index in [2.05, 4.69) is 28.8 Å². The first-order valence-corrected chi connectivity index (χ1v) is 7.38. The Hall–Kier alpha value is -0.870. The normalized spacial score (nSPS) is 19.4. The second-order valence-electron chi connectivity index (χ2n) is 5.18. The number of anilines is 1. The van der Waals surface area contributed by atoms with Gasteiger partial charge in [0.25, 0.3) is 0 Å². The van der Waals surface area contributed by atoms with E-state index >= 15 is 0 Å². The highest BCUT2D eigenvalue weighted by molar-refractivity contribution is 6.30. The molecular formula is C14H22ClN3O. The fourth-order valence-corrected chi connectivity index (χ4v) is 2.82. The van der Waals surface area contributed by atoms with Crippen LogP contribution in [0.2, 0.25) is 5.15 Å². The van der Waals surface area contributed by atoms with Gasteiger partial charge in [-0.15, -0.1) is 0 Å². The van der Waals surface area contributed by atoms with Crippen molar-refractivity contribution in [2.24, 2.45) is 5.92 Å². The van der Waals surface area contributed by atoms with Crippen LogP contribution in [0, 0.1) is 5.92 Å². The summed E-state index contributed by atoms with van der Waals surface area (Å²) in [5.41, 5.74) is 1.06. The van der Waals surface area contributed by atoms with Crippen molar-refractivity contribution >= 4 is 17.4 Å². The Labute approximate surface area is 120 Å². The third kappa shape index (κ3) is 3.80. The van der Waals surface area contributed by atoms with E-state index < -0.39 is 0 Å². The van der Waals surface area contributed by atoms with Gasteiger partial charge in [-0.2, -0.15) is 0 Å². The SMILES string of the molecule is CCCc1c(Cl)ncnc1N(C)CC1CCCOC1. The third-order valence-corrected chi connectivity index (χ3v) is 3.84. The molecule has 0 N–H and O–H groups in total. The first-order chi connectivity index (χ1) is 9.22. The van der Waals surface area contributed by atoms with Crippen LogP contribution in [-0.4, -0.2) is 36.8 Å². The molecule has 5 heteroatoms. The molecule has 2 heterocycles. The predicted octanol–water partition coefficient (Wildman–Crippen LogP) is 2.95. The summed E-state index contributed by atoms with van der Waals surface area (Å²) in [5, 5.41) is 0.582. The molecule has 106 valence electrons. The van der Waals surface area contributed by atoms with Crippen LogP contribution in [0.5, 0.6) is 0 Å². The Balaban J connectivity index is 2.08. The van der Waals surface area contributed by atoms with Gasteiger partial charge in [0.15, 0.2) is 0 Å². The Morgan fingerprint density at radius 2 is 2.32 bits per heavy atom. The van der Waals surface area contributed by atoms with E-state index in [9.17, 15) is 0 Å². The number of halogens is 1. The quantitative estimate of drug-likeness (QED) is 0.779. The summed E-state index contributed by atoms with van der Waals surface area (Å²) in [4.78, 5) is 10.7. The Bertz CT molecular complexity index is 408. The van der Waals surface area contributed by atoms with Gasteiger partial charge < -0.3 is 9.64 Å². The van der Waals surface area contributed by atoms with Crippen LogP contribution in [-0.2, 0) is 11.2 Å². The van der Waals surface area contributed by atoms with E-state index in [0.717, 1.165) is 50.4 Å². The molecule has 2 rings (SSSR count). The fourth-order valence-electron chi connectivity index (χ4n) is 2.60. The van der Waals surface area contributed by atoms with Crippen LogP contribution in [0.3, 0.4) is 0 Å². The lowest BCUT2D eigenvalue weighted by Crippen LogP contribution is -2.32. The highest BCUT2D eigenvalue weighted by atomic mass is 35.5. The van der Waals surface area contributed by atoms with Gasteiger partial charge in [-0.3, -0.25) is 0 Å². The van der Waals surface area contributed by atoms with Gasteiger partial charge in [-0.05, 0) is 25.2 Å². The van der Waals surface area contributed by atoms with Gasteiger partial charge >= 0.3 is 0 Å². The van der Waals surface area contributed by atoms with Crippen LogP contribution in [0.4, 0.5) is 5.82 Å². The summed E-state index contributed by atoms with van der Waals surface area (Å²) in [6.45, 7) is 4.86. The molecule has 0 radical (unpaired) electrons. The maximum atomic E-state index is 6.19. The molecule has 4 nitrogen and oxygen atoms in total. The molecule has 0 amide bonds. The van der Waals surface area contributed by atoms with Crippen molar-refractivity contribution < 1.29 is 4.74 Å². The van der Waals surface area contributed by atoms with Crippen molar-refractivity contribution in [2.75, 3.05) is 31.7 Å². The number of hydrogen-bond donors (Lipinski definition) is 0. The topological polar surface area (TPSA) is 38.2 Å². The van der Waals surface area contributed by atoms with Gasteiger partial charge in [0.05, 0.1) is 6.61 Å². The fraction of sp³-hybridized carbons (Fsp3) is 0.714. The molecule has 0 saturated carbocycles. The molecule has 1 aromatic heterocycles. The third-order valence-electron chi connectivity index (χ3n) is 3.52. The first-order valence-electron chi connectivity index (χ1n) is 7.00. The van der Waals surface area contributed by atoms with Crippen molar-refractivity contribution in [3.05, 3.63) is 17.0 Å². The number of rotatable bonds is 5. The molecule has 1 aromatic rings. The summed E-state index contributed by atoms with van der Waals surface area (Å²) in [5.74, 6) is 1.55. The van der Waals surface area contributed by atoms with E-state index in [-0.39, 0.29) is 0 Å². The zero-order valence-electron chi connectivity index (χ0n) is 11.7. The Morgan fingerprint density at radius 3 is 3.00 bits per heavy atom. The summed E-state index contributed by atoms with van der Waals surface area (Å²) >= 11 is 6.19. The van der Waals surface area contributed by atoms with E-state index in [4.69, 9.17) is 16.3 Å². The monoisotopic (exact) mass is 283 g/mol. The van der Waals surface area contributed by atoms with E-state index in [1.165, 1.54) is 6.42 Å². The molecule has 0 spiro atoms. The van der Waals surface area contributed by atoms with Gasteiger partial charge in [-0.1, -0.05) is 24.9 Å². The average Bonchev–Trinajstić information content (AvgIpc) is 2.42. The predicted molar refractivity (Wildman–Crippen MR) is 77.9 cm³/mol. The standard InChI is InChI=1S/C14H22ClN3O/c1-3-5-12-13(15)16-10-17-14(12)18(2)8-11-6-4-7-19-9-11/h10-11H,3-9H2,1-2H3. The second kappa shape index (κ2) is 7.06. The zero-order valence-corrected chi connectivity index (χ0v) is 12.5. The molecule has 19 heavy (non-hydrogen) atoms. The lowest BCUT2D eigenvalue weighted by Gasteiger charge is -2.28. The van der Waals surface area contributed by atoms with Crippen molar-refractivity contribution in [3.8, 4) is 0 Å². The molecule has 0 aliphatic carbocycles. The maximum absolute atomic E-state index is 6.19. The van der Waals surface area contributed by atoms with Crippen LogP contribution >= 0.6 is 11.6 Å². The van der Waals surface area contributed by atoms with Crippen LogP contribution in [0.25, 0.3) is 0 Å². The minimum Gasteiger partial charge on any atom is -0.381 e. The van der Waals surface area contributed by atoms with Crippen LogP contribution in [0.1, 0.15) is 31.7 Å². The van der Waals surface area contributed by atoms with Gasteiger partial charge in [0, 0.05) is 25.8 Å². The number of ether oxygens (including phenoxy) is 1. The van der Waals surface area contributed by atoms with E-state index in [1.807, 2.05) is 0 Å². The molecule has 1 aliphatic heterocycles. The molecule has 1 aliphatic rings. The van der Waals surface area contributed by atoms with Crippen LogP contribution < -0.4 is 4.90 Å². The lowest BCUT2D eigenvalue weighted by molar-refractivity contribution is 0.0576. The summed E-state index contributed by atoms with van der Waals surface area (Å²) in [6.07, 6.45) is 5.89. The van der Waals surface area contributed by atoms with Gasteiger partial charge in [-0.25, -0.2) is 9.97 Å². The highest BCUT2D eigenvalue weighted by Crippen LogP contribution is 2.25. The summed E-state index contributed by atoms with van der Waals surface area (Å²) in [7, 11) is 2.08. The van der Waals surface area contributed by atoms with Crippen molar-refractivity contribution in [2.45, 2.75) is 32.6 Å².